The first-order valence-electron chi connectivity index (χ1n) is 10.5. The lowest BCUT2D eigenvalue weighted by atomic mass is 9.93. The van der Waals surface area contributed by atoms with Crippen LogP contribution in [0.15, 0.2) is 113 Å². The standard InChI is InChI=1S/C29H21FO2S2/c1-4-28(31)33-21-14-11-19(12-15-21)22-7-5-10-25-23(8-6-9-24(22)25)20-13-16-27(26(30)17-20)34-29(32)18(2)3/h4-17H,1-2H2,3H3. The van der Waals surface area contributed by atoms with Gasteiger partial charge in [0.1, 0.15) is 5.82 Å². The molecule has 0 spiro atoms. The van der Waals surface area contributed by atoms with Gasteiger partial charge >= 0.3 is 0 Å². The third-order valence-corrected chi connectivity index (χ3v) is 7.23. The Morgan fingerprint density at radius 2 is 1.41 bits per heavy atom. The topological polar surface area (TPSA) is 34.1 Å². The van der Waals surface area contributed by atoms with Gasteiger partial charge in [0, 0.05) is 4.90 Å². The Labute approximate surface area is 206 Å². The average Bonchev–Trinajstić information content (AvgIpc) is 2.84. The largest absolute Gasteiger partial charge is 0.282 e. The normalized spacial score (nSPS) is 10.8. The zero-order valence-electron chi connectivity index (χ0n) is 18.5. The molecule has 0 unspecified atom stereocenters. The maximum absolute atomic E-state index is 14.8. The van der Waals surface area contributed by atoms with Crippen LogP contribution in [0.2, 0.25) is 0 Å². The number of halogens is 1. The first-order valence-corrected chi connectivity index (χ1v) is 12.1. The molecule has 0 heterocycles. The van der Waals surface area contributed by atoms with Gasteiger partial charge in [0.25, 0.3) is 0 Å². The van der Waals surface area contributed by atoms with Gasteiger partial charge in [-0.15, -0.1) is 0 Å². The van der Waals surface area contributed by atoms with Crippen LogP contribution in [0.5, 0.6) is 0 Å². The van der Waals surface area contributed by atoms with Gasteiger partial charge < -0.3 is 0 Å². The molecule has 34 heavy (non-hydrogen) atoms. The molecule has 0 atom stereocenters. The number of carbonyl (C=O) groups excluding carboxylic acids is 2. The molecule has 0 saturated carbocycles. The van der Waals surface area contributed by atoms with Crippen LogP contribution < -0.4 is 0 Å². The van der Waals surface area contributed by atoms with Gasteiger partial charge in [-0.3, -0.25) is 9.59 Å². The van der Waals surface area contributed by atoms with Gasteiger partial charge in [-0.05, 0) is 99.4 Å². The molecular weight excluding hydrogens is 463 g/mol. The third-order valence-electron chi connectivity index (χ3n) is 5.27. The zero-order chi connectivity index (χ0) is 24.2. The van der Waals surface area contributed by atoms with Crippen LogP contribution in [-0.2, 0) is 9.59 Å². The maximum atomic E-state index is 14.8. The molecule has 168 valence electrons. The highest BCUT2D eigenvalue weighted by atomic mass is 32.2. The molecule has 0 N–H and O–H groups in total. The number of hydrogen-bond acceptors (Lipinski definition) is 4. The molecule has 0 aliphatic rings. The predicted octanol–water partition coefficient (Wildman–Crippen LogP) is 8.31. The van der Waals surface area contributed by atoms with Crippen molar-refractivity contribution in [2.75, 3.05) is 0 Å². The van der Waals surface area contributed by atoms with Gasteiger partial charge in [0.05, 0.1) is 4.90 Å². The van der Waals surface area contributed by atoms with Crippen molar-refractivity contribution >= 4 is 44.5 Å². The van der Waals surface area contributed by atoms with Gasteiger partial charge in [-0.1, -0.05) is 67.8 Å². The summed E-state index contributed by atoms with van der Waals surface area (Å²) in [5.74, 6) is -0.438. The number of benzene rings is 4. The Morgan fingerprint density at radius 3 is 1.97 bits per heavy atom. The molecule has 4 aromatic carbocycles. The minimum absolute atomic E-state index is 0.0943. The number of hydrogen-bond donors (Lipinski definition) is 0. The molecule has 0 aliphatic heterocycles. The van der Waals surface area contributed by atoms with Crippen molar-refractivity contribution in [2.45, 2.75) is 16.7 Å². The van der Waals surface area contributed by atoms with Crippen LogP contribution in [-0.4, -0.2) is 10.2 Å². The Balaban J connectivity index is 1.72. The summed E-state index contributed by atoms with van der Waals surface area (Å²) in [6.45, 7) is 8.74. The minimum atomic E-state index is -0.438. The first kappa shape index (κ1) is 23.7. The van der Waals surface area contributed by atoms with E-state index in [1.807, 2.05) is 66.7 Å². The van der Waals surface area contributed by atoms with E-state index < -0.39 is 5.82 Å². The van der Waals surface area contributed by atoms with Crippen LogP contribution in [0.4, 0.5) is 4.39 Å². The van der Waals surface area contributed by atoms with Crippen molar-refractivity contribution in [3.63, 3.8) is 0 Å². The van der Waals surface area contributed by atoms with Crippen molar-refractivity contribution in [3.8, 4) is 22.3 Å². The molecule has 0 aliphatic carbocycles. The first-order chi connectivity index (χ1) is 16.4. The summed E-state index contributed by atoms with van der Waals surface area (Å²) in [6, 6.07) is 24.8. The highest BCUT2D eigenvalue weighted by molar-refractivity contribution is 8.14. The summed E-state index contributed by atoms with van der Waals surface area (Å²) in [6.07, 6.45) is 1.30. The zero-order valence-corrected chi connectivity index (χ0v) is 20.1. The second-order valence-corrected chi connectivity index (χ2v) is 9.76. The molecule has 2 nitrogen and oxygen atoms in total. The Morgan fingerprint density at radius 1 is 0.824 bits per heavy atom. The second-order valence-electron chi connectivity index (χ2n) is 7.67. The van der Waals surface area contributed by atoms with Crippen LogP contribution in [0, 0.1) is 5.82 Å². The van der Waals surface area contributed by atoms with E-state index in [1.54, 1.807) is 13.0 Å². The lowest BCUT2D eigenvalue weighted by Crippen LogP contribution is -1.93. The number of carbonyl (C=O) groups is 2. The molecule has 4 aromatic rings. The van der Waals surface area contributed by atoms with Crippen molar-refractivity contribution in [3.05, 3.63) is 109 Å². The van der Waals surface area contributed by atoms with E-state index in [0.717, 1.165) is 61.4 Å². The van der Waals surface area contributed by atoms with Crippen LogP contribution >= 0.6 is 23.5 Å². The predicted molar refractivity (Wildman–Crippen MR) is 142 cm³/mol. The molecule has 0 aromatic heterocycles. The quantitative estimate of drug-likeness (QED) is 0.204. The fourth-order valence-electron chi connectivity index (χ4n) is 3.61. The van der Waals surface area contributed by atoms with Crippen molar-refractivity contribution in [2.24, 2.45) is 0 Å². The van der Waals surface area contributed by atoms with E-state index in [4.69, 9.17) is 0 Å². The third kappa shape index (κ3) is 5.06. The van der Waals surface area contributed by atoms with E-state index in [9.17, 15) is 14.0 Å². The van der Waals surface area contributed by atoms with Crippen LogP contribution in [0.1, 0.15) is 6.92 Å². The lowest BCUT2D eigenvalue weighted by Gasteiger charge is -2.12. The minimum Gasteiger partial charge on any atom is -0.282 e. The van der Waals surface area contributed by atoms with E-state index in [2.05, 4.69) is 13.2 Å². The summed E-state index contributed by atoms with van der Waals surface area (Å²) in [5.41, 5.74) is 4.10. The van der Waals surface area contributed by atoms with Crippen molar-refractivity contribution in [1.29, 1.82) is 0 Å². The lowest BCUT2D eigenvalue weighted by molar-refractivity contribution is -0.108. The average molecular weight is 485 g/mol. The van der Waals surface area contributed by atoms with E-state index in [-0.39, 0.29) is 15.1 Å². The Bertz CT molecular complexity index is 1440. The number of rotatable bonds is 6. The highest BCUT2D eigenvalue weighted by Gasteiger charge is 2.13. The summed E-state index contributed by atoms with van der Waals surface area (Å²) >= 11 is 1.99. The summed E-state index contributed by atoms with van der Waals surface area (Å²) < 4.78 is 14.8. The number of fused-ring (bicyclic) bond motifs is 1. The summed E-state index contributed by atoms with van der Waals surface area (Å²) in [4.78, 5) is 24.7. The molecule has 0 saturated heterocycles. The summed E-state index contributed by atoms with van der Waals surface area (Å²) in [7, 11) is 0. The van der Waals surface area contributed by atoms with Gasteiger partial charge in [0.2, 0.25) is 10.2 Å². The highest BCUT2D eigenvalue weighted by Crippen LogP contribution is 2.37. The van der Waals surface area contributed by atoms with E-state index in [1.165, 1.54) is 12.1 Å². The monoisotopic (exact) mass is 484 g/mol. The summed E-state index contributed by atoms with van der Waals surface area (Å²) in [5, 5.41) is 1.69. The smallest absolute Gasteiger partial charge is 0.219 e. The molecule has 5 heteroatoms. The fraction of sp³-hybridized carbons (Fsp3) is 0.0345. The van der Waals surface area contributed by atoms with Gasteiger partial charge in [0.15, 0.2) is 0 Å². The Kier molecular flexibility index (Phi) is 7.15. The molecule has 0 amide bonds. The van der Waals surface area contributed by atoms with Crippen LogP contribution in [0.25, 0.3) is 33.0 Å². The molecule has 0 bridgehead atoms. The van der Waals surface area contributed by atoms with Crippen molar-refractivity contribution < 1.29 is 14.0 Å². The molecule has 4 rings (SSSR count). The van der Waals surface area contributed by atoms with Gasteiger partial charge in [-0.25, -0.2) is 4.39 Å². The second kappa shape index (κ2) is 10.2. The number of thioether (sulfide) groups is 2. The Hall–Kier alpha value is -3.41. The van der Waals surface area contributed by atoms with E-state index >= 15 is 0 Å². The van der Waals surface area contributed by atoms with Gasteiger partial charge in [-0.2, -0.15) is 0 Å². The SMILES string of the molecule is C=CC(=O)Sc1ccc(-c2cccc3c(-c4ccc(SC(=O)C(=C)C)c(F)c4)cccc23)cc1. The molecule has 0 radical (unpaired) electrons. The maximum Gasteiger partial charge on any atom is 0.219 e. The molecular formula is C29H21FO2S2. The van der Waals surface area contributed by atoms with Crippen LogP contribution in [0.3, 0.4) is 0 Å². The fourth-order valence-corrected chi connectivity index (χ4v) is 4.87. The van der Waals surface area contributed by atoms with Crippen molar-refractivity contribution in [1.82, 2.24) is 0 Å². The molecule has 0 fully saturated rings. The van der Waals surface area contributed by atoms with E-state index in [0.29, 0.717) is 5.57 Å².